The molecule has 1 fully saturated rings. The van der Waals surface area contributed by atoms with Crippen molar-refractivity contribution in [2.75, 3.05) is 19.6 Å². The lowest BCUT2D eigenvalue weighted by Gasteiger charge is -2.48. The number of rotatable bonds is 5. The van der Waals surface area contributed by atoms with Gasteiger partial charge in [0.15, 0.2) is 0 Å². The first-order valence-corrected chi connectivity index (χ1v) is 8.49. The van der Waals surface area contributed by atoms with Crippen molar-refractivity contribution in [1.82, 2.24) is 10.2 Å². The van der Waals surface area contributed by atoms with Crippen LogP contribution in [0.5, 0.6) is 0 Å². The highest BCUT2D eigenvalue weighted by molar-refractivity contribution is 5.19. The molecule has 21 heavy (non-hydrogen) atoms. The molecule has 118 valence electrons. The van der Waals surface area contributed by atoms with Gasteiger partial charge in [-0.2, -0.15) is 0 Å². The predicted octanol–water partition coefficient (Wildman–Crippen LogP) is 3.89. The molecule has 1 heterocycles. The van der Waals surface area contributed by atoms with Crippen LogP contribution in [0.1, 0.15) is 52.5 Å². The molecule has 2 nitrogen and oxygen atoms in total. The Morgan fingerprint density at radius 1 is 1.24 bits per heavy atom. The fraction of sp³-hybridized carbons (Fsp3) is 0.684. The standard InChI is InChI=1S/C19H32N2/c1-6-19(5)14-21(18(12-20-19)15(2)3)13-16(4)17-10-8-7-9-11-17/h7-11,15-16,18,20H,6,12-14H2,1-5H3. The van der Waals surface area contributed by atoms with Crippen LogP contribution in [0.4, 0.5) is 0 Å². The molecule has 3 unspecified atom stereocenters. The van der Waals surface area contributed by atoms with E-state index in [4.69, 9.17) is 0 Å². The molecule has 2 heteroatoms. The quantitative estimate of drug-likeness (QED) is 0.884. The van der Waals surface area contributed by atoms with E-state index < -0.39 is 0 Å². The maximum atomic E-state index is 3.78. The van der Waals surface area contributed by atoms with Crippen LogP contribution in [0.2, 0.25) is 0 Å². The normalized spacial score (nSPS) is 28.8. The molecule has 0 amide bonds. The van der Waals surface area contributed by atoms with Gasteiger partial charge in [0.1, 0.15) is 0 Å². The average Bonchev–Trinajstić information content (AvgIpc) is 2.48. The van der Waals surface area contributed by atoms with Crippen LogP contribution in [-0.4, -0.2) is 36.1 Å². The van der Waals surface area contributed by atoms with E-state index in [1.54, 1.807) is 0 Å². The molecule has 0 aliphatic carbocycles. The van der Waals surface area contributed by atoms with E-state index in [9.17, 15) is 0 Å². The Labute approximate surface area is 130 Å². The Kier molecular flexibility index (Phi) is 5.45. The number of nitrogens with zero attached hydrogens (tertiary/aromatic N) is 1. The Hall–Kier alpha value is -0.860. The van der Waals surface area contributed by atoms with Crippen molar-refractivity contribution in [1.29, 1.82) is 0 Å². The summed E-state index contributed by atoms with van der Waals surface area (Å²) < 4.78 is 0. The summed E-state index contributed by atoms with van der Waals surface area (Å²) in [5, 5.41) is 3.78. The van der Waals surface area contributed by atoms with Gasteiger partial charge in [-0.05, 0) is 30.7 Å². The minimum atomic E-state index is 0.266. The molecule has 0 radical (unpaired) electrons. The molecular formula is C19H32N2. The Balaban J connectivity index is 2.09. The van der Waals surface area contributed by atoms with Gasteiger partial charge >= 0.3 is 0 Å². The molecule has 0 aromatic heterocycles. The van der Waals surface area contributed by atoms with Gasteiger partial charge < -0.3 is 5.32 Å². The monoisotopic (exact) mass is 288 g/mol. The fourth-order valence-electron chi connectivity index (χ4n) is 3.43. The van der Waals surface area contributed by atoms with Gasteiger partial charge in [0.2, 0.25) is 0 Å². The third-order valence-corrected chi connectivity index (χ3v) is 5.19. The zero-order chi connectivity index (χ0) is 15.5. The highest BCUT2D eigenvalue weighted by Gasteiger charge is 2.36. The molecular weight excluding hydrogens is 256 g/mol. The van der Waals surface area contributed by atoms with Crippen molar-refractivity contribution < 1.29 is 0 Å². The van der Waals surface area contributed by atoms with Gasteiger partial charge in [0.25, 0.3) is 0 Å². The molecule has 0 spiro atoms. The summed E-state index contributed by atoms with van der Waals surface area (Å²) in [4.78, 5) is 2.72. The van der Waals surface area contributed by atoms with Crippen molar-refractivity contribution in [2.45, 2.75) is 58.5 Å². The van der Waals surface area contributed by atoms with Crippen LogP contribution in [0.3, 0.4) is 0 Å². The Morgan fingerprint density at radius 2 is 1.90 bits per heavy atom. The number of piperazine rings is 1. The van der Waals surface area contributed by atoms with Crippen molar-refractivity contribution in [3.05, 3.63) is 35.9 Å². The lowest BCUT2D eigenvalue weighted by Crippen LogP contribution is -2.64. The summed E-state index contributed by atoms with van der Waals surface area (Å²) >= 11 is 0. The number of hydrogen-bond acceptors (Lipinski definition) is 2. The van der Waals surface area contributed by atoms with Crippen LogP contribution < -0.4 is 5.32 Å². The largest absolute Gasteiger partial charge is 0.309 e. The van der Waals surface area contributed by atoms with Gasteiger partial charge in [0.05, 0.1) is 0 Å². The smallest absolute Gasteiger partial charge is 0.0278 e. The molecule has 0 bridgehead atoms. The van der Waals surface area contributed by atoms with E-state index in [0.29, 0.717) is 17.9 Å². The summed E-state index contributed by atoms with van der Waals surface area (Å²) in [5.74, 6) is 1.29. The van der Waals surface area contributed by atoms with Crippen LogP contribution in [0.15, 0.2) is 30.3 Å². The van der Waals surface area contributed by atoms with Crippen LogP contribution in [-0.2, 0) is 0 Å². The van der Waals surface area contributed by atoms with Crippen molar-refractivity contribution >= 4 is 0 Å². The van der Waals surface area contributed by atoms with E-state index >= 15 is 0 Å². The second-order valence-corrected chi connectivity index (χ2v) is 7.35. The van der Waals surface area contributed by atoms with Crippen molar-refractivity contribution in [2.24, 2.45) is 5.92 Å². The van der Waals surface area contributed by atoms with Gasteiger partial charge in [-0.1, -0.05) is 58.0 Å². The molecule has 1 N–H and O–H groups in total. The van der Waals surface area contributed by atoms with Crippen LogP contribution in [0, 0.1) is 5.92 Å². The molecule has 1 aromatic carbocycles. The molecule has 0 saturated carbocycles. The third-order valence-electron chi connectivity index (χ3n) is 5.19. The van der Waals surface area contributed by atoms with Gasteiger partial charge in [-0.3, -0.25) is 4.90 Å². The fourth-order valence-corrected chi connectivity index (χ4v) is 3.43. The second-order valence-electron chi connectivity index (χ2n) is 7.35. The first kappa shape index (κ1) is 16.5. The van der Waals surface area contributed by atoms with Crippen LogP contribution >= 0.6 is 0 Å². The zero-order valence-electron chi connectivity index (χ0n) is 14.4. The summed E-state index contributed by atoms with van der Waals surface area (Å²) in [6, 6.07) is 11.6. The SMILES string of the molecule is CCC1(C)CN(CC(C)c2ccccc2)C(C(C)C)CN1. The molecule has 1 saturated heterocycles. The summed E-state index contributed by atoms with van der Waals surface area (Å²) in [7, 11) is 0. The van der Waals surface area contributed by atoms with Crippen molar-refractivity contribution in [3.63, 3.8) is 0 Å². The van der Waals surface area contributed by atoms with Crippen molar-refractivity contribution in [3.8, 4) is 0 Å². The lowest BCUT2D eigenvalue weighted by molar-refractivity contribution is 0.0563. The third kappa shape index (κ3) is 4.08. The second kappa shape index (κ2) is 6.93. The lowest BCUT2D eigenvalue weighted by atomic mass is 9.88. The first-order chi connectivity index (χ1) is 9.95. The van der Waals surface area contributed by atoms with E-state index in [1.165, 1.54) is 12.0 Å². The molecule has 3 atom stereocenters. The van der Waals surface area contributed by atoms with E-state index in [2.05, 4.69) is 75.2 Å². The van der Waals surface area contributed by atoms with Gasteiger partial charge in [0, 0.05) is 31.2 Å². The first-order valence-electron chi connectivity index (χ1n) is 8.49. The van der Waals surface area contributed by atoms with Gasteiger partial charge in [-0.25, -0.2) is 0 Å². The average molecular weight is 288 g/mol. The van der Waals surface area contributed by atoms with E-state index in [-0.39, 0.29) is 5.54 Å². The minimum Gasteiger partial charge on any atom is -0.309 e. The number of benzene rings is 1. The highest BCUT2D eigenvalue weighted by atomic mass is 15.3. The minimum absolute atomic E-state index is 0.266. The molecule has 1 aromatic rings. The molecule has 2 rings (SSSR count). The summed E-state index contributed by atoms with van der Waals surface area (Å²) in [6.07, 6.45) is 1.19. The topological polar surface area (TPSA) is 15.3 Å². The maximum Gasteiger partial charge on any atom is 0.0278 e. The van der Waals surface area contributed by atoms with Crippen LogP contribution in [0.25, 0.3) is 0 Å². The highest BCUT2D eigenvalue weighted by Crippen LogP contribution is 2.26. The maximum absolute atomic E-state index is 3.78. The molecule has 1 aliphatic rings. The Bertz CT molecular complexity index is 428. The summed E-state index contributed by atoms with van der Waals surface area (Å²) in [5.41, 5.74) is 1.72. The Morgan fingerprint density at radius 3 is 2.48 bits per heavy atom. The predicted molar refractivity (Wildman–Crippen MR) is 91.8 cm³/mol. The number of hydrogen-bond donors (Lipinski definition) is 1. The van der Waals surface area contributed by atoms with E-state index in [0.717, 1.165) is 19.6 Å². The zero-order valence-corrected chi connectivity index (χ0v) is 14.4. The van der Waals surface area contributed by atoms with E-state index in [1.807, 2.05) is 0 Å². The summed E-state index contributed by atoms with van der Waals surface area (Å²) in [6.45, 7) is 15.1. The van der Waals surface area contributed by atoms with Gasteiger partial charge in [-0.15, -0.1) is 0 Å². The molecule has 1 aliphatic heterocycles. The number of nitrogens with one attached hydrogen (secondary N) is 1.